The molecule has 1 aliphatic carbocycles. The molecule has 3 aliphatic heterocycles. The van der Waals surface area contributed by atoms with Crippen molar-refractivity contribution in [1.82, 2.24) is 19.9 Å². The largest absolute Gasteiger partial charge is 0.508 e. The molecular formula is C42H50F3N5O3Si. The van der Waals surface area contributed by atoms with Crippen LogP contribution in [0.1, 0.15) is 72.8 Å². The quantitative estimate of drug-likeness (QED) is 0.142. The molecule has 286 valence electrons. The molecule has 4 aliphatic rings. The maximum Gasteiger partial charge on any atom is 0.319 e. The molecule has 2 unspecified atom stereocenters. The summed E-state index contributed by atoms with van der Waals surface area (Å²) in [6.07, 6.45) is 3.72. The molecule has 0 bridgehead atoms. The molecule has 12 heteroatoms. The average molecular weight is 758 g/mol. The summed E-state index contributed by atoms with van der Waals surface area (Å²) in [5.74, 6) is 2.77. The van der Waals surface area contributed by atoms with Crippen molar-refractivity contribution in [3.05, 3.63) is 47.7 Å². The average Bonchev–Trinajstić information content (AvgIpc) is 3.73. The lowest BCUT2D eigenvalue weighted by Gasteiger charge is -2.38. The van der Waals surface area contributed by atoms with E-state index in [1.54, 1.807) is 12.3 Å². The highest BCUT2D eigenvalue weighted by atomic mass is 28.3. The molecular weight excluding hydrogens is 708 g/mol. The fourth-order valence-corrected chi connectivity index (χ4v) is 15.3. The predicted molar refractivity (Wildman–Crippen MR) is 208 cm³/mol. The Morgan fingerprint density at radius 2 is 1.85 bits per heavy atom. The maximum absolute atomic E-state index is 17.3. The number of nitrogens with zero attached hydrogens (tertiary/aromatic N) is 5. The summed E-state index contributed by atoms with van der Waals surface area (Å²) in [5, 5.41) is 12.2. The number of phenols is 1. The third-order valence-electron chi connectivity index (χ3n) is 12.8. The Balaban J connectivity index is 1.29. The van der Waals surface area contributed by atoms with Crippen LogP contribution < -0.4 is 9.64 Å². The van der Waals surface area contributed by atoms with E-state index in [9.17, 15) is 9.50 Å². The number of fused-ring (bicyclic) bond motifs is 4. The monoisotopic (exact) mass is 757 g/mol. The zero-order valence-corrected chi connectivity index (χ0v) is 33.1. The van der Waals surface area contributed by atoms with Gasteiger partial charge in [-0.2, -0.15) is 9.97 Å². The molecule has 4 fully saturated rings. The standard InChI is InChI=1S/C42H50F3N5O3Si/c1-24(2)54(25(3)4,26(5)6)15-10-31-34(44)9-8-27-16-30(51)18-32(36(27)31)38-37(45)39-33(20-46-38)40(50-13-14-52-22-28-17-35(28)50)48-41(47-39)53-23-42-11-7-12-49(42)21-29(43)19-42/h8-9,16,18,20,24-26,28-29,35,51H,7,11-14,17,19,21-23H2,1-6H3/t28?,29-,35?,42+/m1/s1. The Morgan fingerprint density at radius 3 is 2.61 bits per heavy atom. The van der Waals surface area contributed by atoms with E-state index >= 15 is 8.78 Å². The Kier molecular flexibility index (Phi) is 9.59. The number of rotatable bonds is 8. The Labute approximate surface area is 316 Å². The van der Waals surface area contributed by atoms with Gasteiger partial charge in [0.1, 0.15) is 49.4 Å². The molecule has 8 nitrogen and oxygen atoms in total. The number of anilines is 1. The van der Waals surface area contributed by atoms with Gasteiger partial charge < -0.3 is 19.5 Å². The summed E-state index contributed by atoms with van der Waals surface area (Å²) in [6, 6.07) is 6.08. The van der Waals surface area contributed by atoms with E-state index in [2.05, 4.69) is 72.8 Å². The van der Waals surface area contributed by atoms with Crippen molar-refractivity contribution in [3.8, 4) is 34.5 Å². The maximum atomic E-state index is 17.3. The highest BCUT2D eigenvalue weighted by molar-refractivity contribution is 6.90. The molecule has 3 saturated heterocycles. The van der Waals surface area contributed by atoms with Crippen LogP contribution in [-0.2, 0) is 4.74 Å². The number of hydrogen-bond acceptors (Lipinski definition) is 8. The zero-order chi connectivity index (χ0) is 38.1. The molecule has 0 radical (unpaired) electrons. The van der Waals surface area contributed by atoms with E-state index in [1.807, 2.05) is 0 Å². The molecule has 5 heterocycles. The summed E-state index contributed by atoms with van der Waals surface area (Å²) in [5.41, 5.74) is 4.43. The summed E-state index contributed by atoms with van der Waals surface area (Å²) < 4.78 is 60.2. The number of pyridine rings is 1. The highest BCUT2D eigenvalue weighted by Crippen LogP contribution is 2.45. The van der Waals surface area contributed by atoms with Crippen LogP contribution in [0.2, 0.25) is 16.6 Å². The second kappa shape index (κ2) is 14.0. The number of hydrogen-bond donors (Lipinski definition) is 1. The van der Waals surface area contributed by atoms with E-state index in [0.717, 1.165) is 25.8 Å². The second-order valence-electron chi connectivity index (χ2n) is 16.9. The van der Waals surface area contributed by atoms with Crippen LogP contribution in [-0.4, -0.2) is 90.2 Å². The number of aromatic hydroxyl groups is 1. The third kappa shape index (κ3) is 6.20. The first kappa shape index (κ1) is 37.0. The van der Waals surface area contributed by atoms with Crippen LogP contribution in [0.4, 0.5) is 19.0 Å². The fraction of sp³-hybridized carbons (Fsp3) is 0.548. The number of halogens is 3. The molecule has 4 atom stereocenters. The van der Waals surface area contributed by atoms with Crippen LogP contribution in [0.5, 0.6) is 11.8 Å². The van der Waals surface area contributed by atoms with E-state index in [-0.39, 0.29) is 46.7 Å². The summed E-state index contributed by atoms with van der Waals surface area (Å²) in [6.45, 7) is 16.3. The van der Waals surface area contributed by atoms with E-state index in [4.69, 9.17) is 14.5 Å². The SMILES string of the molecule is CC(C)[Si](C#Cc1c(F)ccc2cc(O)cc(-c3ncc4c(N5CCOCC6CC65)nc(OC[C@@]56CCCN5C[C@H](F)C6)nc4c3F)c12)(C(C)C)C(C)C. The molecule has 1 saturated carbocycles. The van der Waals surface area contributed by atoms with Gasteiger partial charge in [-0.05, 0) is 66.0 Å². The van der Waals surface area contributed by atoms with E-state index in [1.165, 1.54) is 18.2 Å². The van der Waals surface area contributed by atoms with Crippen LogP contribution in [0.15, 0.2) is 30.5 Å². The molecule has 2 aromatic heterocycles. The Bertz CT molecular complexity index is 2150. The summed E-state index contributed by atoms with van der Waals surface area (Å²) in [7, 11) is -2.28. The zero-order valence-electron chi connectivity index (χ0n) is 32.1. The minimum absolute atomic E-state index is 0.00399. The van der Waals surface area contributed by atoms with Crippen molar-refractivity contribution >= 4 is 35.6 Å². The van der Waals surface area contributed by atoms with Crippen molar-refractivity contribution in [2.24, 2.45) is 5.92 Å². The normalized spacial score (nSPS) is 24.3. The van der Waals surface area contributed by atoms with Gasteiger partial charge in [0.2, 0.25) is 0 Å². The van der Waals surface area contributed by atoms with E-state index in [0.29, 0.717) is 77.2 Å². The molecule has 54 heavy (non-hydrogen) atoms. The van der Waals surface area contributed by atoms with Crippen molar-refractivity contribution in [3.63, 3.8) is 0 Å². The van der Waals surface area contributed by atoms with Gasteiger partial charge in [0, 0.05) is 48.6 Å². The van der Waals surface area contributed by atoms with Crippen molar-refractivity contribution < 1.29 is 27.8 Å². The van der Waals surface area contributed by atoms with Crippen LogP contribution >= 0.6 is 0 Å². The second-order valence-corrected chi connectivity index (χ2v) is 22.4. The van der Waals surface area contributed by atoms with Gasteiger partial charge in [0.15, 0.2) is 5.82 Å². The lowest BCUT2D eigenvalue weighted by Crippen LogP contribution is -2.43. The molecule has 0 amide bonds. The van der Waals surface area contributed by atoms with Crippen molar-refractivity contribution in [2.45, 2.75) is 102 Å². The van der Waals surface area contributed by atoms with Crippen molar-refractivity contribution in [1.29, 1.82) is 0 Å². The number of ether oxygens (including phenoxy) is 2. The minimum atomic E-state index is -2.28. The molecule has 2 aromatic carbocycles. The minimum Gasteiger partial charge on any atom is -0.508 e. The first-order valence-corrected chi connectivity index (χ1v) is 21.8. The van der Waals surface area contributed by atoms with Crippen molar-refractivity contribution in [2.75, 3.05) is 44.4 Å². The van der Waals surface area contributed by atoms with Gasteiger partial charge >= 0.3 is 6.01 Å². The fourth-order valence-electron chi connectivity index (χ4n) is 10.1. The summed E-state index contributed by atoms with van der Waals surface area (Å²) in [4.78, 5) is 18.5. The molecule has 0 spiro atoms. The lowest BCUT2D eigenvalue weighted by molar-refractivity contribution is 0.107. The lowest BCUT2D eigenvalue weighted by atomic mass is 9.95. The Morgan fingerprint density at radius 1 is 1.07 bits per heavy atom. The van der Waals surface area contributed by atoms with Gasteiger partial charge in [0.25, 0.3) is 0 Å². The van der Waals surface area contributed by atoms with Crippen LogP contribution in [0.25, 0.3) is 32.9 Å². The first-order valence-electron chi connectivity index (χ1n) is 19.5. The van der Waals surface area contributed by atoms with Gasteiger partial charge in [-0.1, -0.05) is 53.5 Å². The highest BCUT2D eigenvalue weighted by Gasteiger charge is 2.50. The van der Waals surface area contributed by atoms with Gasteiger partial charge in [-0.25, -0.2) is 13.2 Å². The first-order chi connectivity index (χ1) is 25.8. The smallest absolute Gasteiger partial charge is 0.319 e. The van der Waals surface area contributed by atoms with Gasteiger partial charge in [0.05, 0.1) is 29.7 Å². The molecule has 4 aromatic rings. The topological polar surface area (TPSA) is 83.8 Å². The summed E-state index contributed by atoms with van der Waals surface area (Å²) >= 11 is 0. The van der Waals surface area contributed by atoms with Crippen LogP contribution in [0, 0.1) is 29.0 Å². The Hall–Kier alpha value is -3.92. The molecule has 1 N–H and O–H groups in total. The predicted octanol–water partition coefficient (Wildman–Crippen LogP) is 8.58. The number of benzene rings is 2. The number of aromatic nitrogens is 3. The van der Waals surface area contributed by atoms with Gasteiger partial charge in [-0.15, -0.1) is 5.54 Å². The molecule has 8 rings (SSSR count). The van der Waals surface area contributed by atoms with E-state index < -0.39 is 31.4 Å². The third-order valence-corrected chi connectivity index (χ3v) is 19.1. The number of phenolic OH excluding ortho intramolecular Hbond substituents is 1. The van der Waals surface area contributed by atoms with Crippen LogP contribution in [0.3, 0.4) is 0 Å². The number of alkyl halides is 1. The van der Waals surface area contributed by atoms with Gasteiger partial charge in [-0.3, -0.25) is 9.88 Å².